The van der Waals surface area contributed by atoms with Gasteiger partial charge in [-0.25, -0.2) is 8.78 Å². The molecule has 0 unspecified atom stereocenters. The minimum absolute atomic E-state index is 0.262. The molecule has 15 heavy (non-hydrogen) atoms. The van der Waals surface area contributed by atoms with Crippen molar-refractivity contribution in [1.82, 2.24) is 9.55 Å². The number of H-pyrrole nitrogens is 1. The zero-order valence-corrected chi connectivity index (χ0v) is 9.08. The van der Waals surface area contributed by atoms with E-state index in [1.165, 1.54) is 4.57 Å². The van der Waals surface area contributed by atoms with Crippen molar-refractivity contribution in [1.29, 1.82) is 0 Å². The Morgan fingerprint density at radius 3 is 2.87 bits per heavy atom. The Hall–Kier alpha value is -0.940. The fourth-order valence-corrected chi connectivity index (χ4v) is 1.96. The maximum atomic E-state index is 12.3. The first kappa shape index (κ1) is 10.6. The second-order valence-electron chi connectivity index (χ2n) is 3.07. The van der Waals surface area contributed by atoms with E-state index in [0.29, 0.717) is 16.1 Å². The molecule has 1 aromatic carbocycles. The fourth-order valence-electron chi connectivity index (χ4n) is 1.46. The third kappa shape index (κ3) is 1.89. The van der Waals surface area contributed by atoms with Gasteiger partial charge in [0.15, 0.2) is 4.77 Å². The number of halogens is 3. The molecular weight excluding hydrogens is 242 g/mol. The normalized spacial score (nSPS) is 11.5. The molecule has 0 spiro atoms. The van der Waals surface area contributed by atoms with E-state index in [9.17, 15) is 8.78 Å². The van der Waals surface area contributed by atoms with E-state index >= 15 is 0 Å². The molecule has 1 N–H and O–H groups in total. The summed E-state index contributed by atoms with van der Waals surface area (Å²) in [7, 11) is 0. The van der Waals surface area contributed by atoms with Crippen LogP contribution >= 0.6 is 23.8 Å². The highest BCUT2D eigenvalue weighted by Gasteiger charge is 2.10. The summed E-state index contributed by atoms with van der Waals surface area (Å²) >= 11 is 10.8. The smallest absolute Gasteiger partial charge is 0.256 e. The summed E-state index contributed by atoms with van der Waals surface area (Å²) in [6.07, 6.45) is -2.44. The zero-order valence-electron chi connectivity index (χ0n) is 7.51. The Balaban J connectivity index is 2.69. The van der Waals surface area contributed by atoms with Gasteiger partial charge in [0.25, 0.3) is 6.43 Å². The molecule has 0 aliphatic heterocycles. The second kappa shape index (κ2) is 3.90. The van der Waals surface area contributed by atoms with Gasteiger partial charge in [-0.2, -0.15) is 0 Å². The predicted octanol–water partition coefficient (Wildman–Crippen LogP) is 3.62. The molecule has 0 bridgehead atoms. The molecular formula is C9H7ClF2N2S. The molecule has 0 fully saturated rings. The van der Waals surface area contributed by atoms with Crippen molar-refractivity contribution in [3.05, 3.63) is 28.0 Å². The highest BCUT2D eigenvalue weighted by Crippen LogP contribution is 2.22. The van der Waals surface area contributed by atoms with Crippen molar-refractivity contribution in [3.8, 4) is 0 Å². The SMILES string of the molecule is FC(F)Cn1c(=S)[nH]c2c(Cl)cccc21. The summed E-state index contributed by atoms with van der Waals surface area (Å²) in [6, 6.07) is 5.09. The number of para-hydroxylation sites is 1. The summed E-state index contributed by atoms with van der Waals surface area (Å²) in [5.41, 5.74) is 1.21. The molecule has 0 aliphatic rings. The number of hydrogen-bond acceptors (Lipinski definition) is 1. The Labute approximate surface area is 94.5 Å². The van der Waals surface area contributed by atoms with Crippen LogP contribution in [-0.2, 0) is 6.54 Å². The minimum atomic E-state index is -2.44. The van der Waals surface area contributed by atoms with E-state index in [4.69, 9.17) is 23.8 Å². The van der Waals surface area contributed by atoms with Gasteiger partial charge in [-0.05, 0) is 24.4 Å². The number of fused-ring (bicyclic) bond motifs is 1. The molecule has 0 amide bonds. The summed E-state index contributed by atoms with van der Waals surface area (Å²) in [4.78, 5) is 2.81. The van der Waals surface area contributed by atoms with Gasteiger partial charge >= 0.3 is 0 Å². The topological polar surface area (TPSA) is 20.7 Å². The number of nitrogens with one attached hydrogen (secondary N) is 1. The molecule has 2 rings (SSSR count). The average molecular weight is 249 g/mol. The van der Waals surface area contributed by atoms with E-state index in [1.807, 2.05) is 0 Å². The maximum Gasteiger partial charge on any atom is 0.256 e. The van der Waals surface area contributed by atoms with Crippen molar-refractivity contribution in [2.75, 3.05) is 0 Å². The lowest BCUT2D eigenvalue weighted by Gasteiger charge is -2.02. The molecule has 2 aromatic rings. The fraction of sp³-hybridized carbons (Fsp3) is 0.222. The molecule has 0 radical (unpaired) electrons. The number of aromatic amines is 1. The Morgan fingerprint density at radius 2 is 2.20 bits per heavy atom. The van der Waals surface area contributed by atoms with Gasteiger partial charge < -0.3 is 9.55 Å². The molecule has 2 nitrogen and oxygen atoms in total. The number of imidazole rings is 1. The largest absolute Gasteiger partial charge is 0.329 e. The van der Waals surface area contributed by atoms with E-state index in [0.717, 1.165) is 0 Å². The van der Waals surface area contributed by atoms with Crippen LogP contribution < -0.4 is 0 Å². The van der Waals surface area contributed by atoms with Crippen LogP contribution in [0.3, 0.4) is 0 Å². The maximum absolute atomic E-state index is 12.3. The Morgan fingerprint density at radius 1 is 1.47 bits per heavy atom. The van der Waals surface area contributed by atoms with Crippen LogP contribution in [0.5, 0.6) is 0 Å². The monoisotopic (exact) mass is 248 g/mol. The standard InChI is InChI=1S/C9H7ClF2N2S/c10-5-2-1-3-6-8(5)13-9(15)14(6)4-7(11)12/h1-3,7H,4H2,(H,13,15). The van der Waals surface area contributed by atoms with E-state index in [1.54, 1.807) is 18.2 Å². The predicted molar refractivity (Wildman–Crippen MR) is 58.1 cm³/mol. The lowest BCUT2D eigenvalue weighted by atomic mass is 10.3. The van der Waals surface area contributed by atoms with Crippen LogP contribution in [0.1, 0.15) is 0 Å². The van der Waals surface area contributed by atoms with Gasteiger partial charge in [0.2, 0.25) is 0 Å². The second-order valence-corrected chi connectivity index (χ2v) is 3.86. The van der Waals surface area contributed by atoms with Crippen LogP contribution in [0.2, 0.25) is 5.02 Å². The Kier molecular flexibility index (Phi) is 2.75. The number of nitrogens with zero attached hydrogens (tertiary/aromatic N) is 1. The van der Waals surface area contributed by atoms with Crippen LogP contribution in [0.25, 0.3) is 11.0 Å². The van der Waals surface area contributed by atoms with Crippen molar-refractivity contribution >= 4 is 34.9 Å². The number of aromatic nitrogens is 2. The molecule has 0 saturated carbocycles. The molecule has 6 heteroatoms. The Bertz CT molecular complexity index is 547. The number of hydrogen-bond donors (Lipinski definition) is 1. The third-order valence-electron chi connectivity index (χ3n) is 2.08. The quantitative estimate of drug-likeness (QED) is 0.805. The van der Waals surface area contributed by atoms with Crippen molar-refractivity contribution in [2.24, 2.45) is 0 Å². The van der Waals surface area contributed by atoms with Gasteiger partial charge in [-0.1, -0.05) is 17.7 Å². The highest BCUT2D eigenvalue weighted by atomic mass is 35.5. The number of benzene rings is 1. The highest BCUT2D eigenvalue weighted by molar-refractivity contribution is 7.71. The number of rotatable bonds is 2. The van der Waals surface area contributed by atoms with E-state index in [-0.39, 0.29) is 4.77 Å². The zero-order chi connectivity index (χ0) is 11.0. The summed E-state index contributed by atoms with van der Waals surface area (Å²) in [6.45, 7) is -0.417. The van der Waals surface area contributed by atoms with Gasteiger partial charge in [0.1, 0.15) is 0 Å². The van der Waals surface area contributed by atoms with Crippen molar-refractivity contribution < 1.29 is 8.78 Å². The lowest BCUT2D eigenvalue weighted by Crippen LogP contribution is -2.06. The molecule has 1 aromatic heterocycles. The summed E-state index contributed by atoms with van der Waals surface area (Å²) in [5, 5.41) is 0.478. The molecule has 1 heterocycles. The average Bonchev–Trinajstić information content (AvgIpc) is 2.45. The summed E-state index contributed by atoms with van der Waals surface area (Å²) in [5.74, 6) is 0. The van der Waals surface area contributed by atoms with Gasteiger partial charge in [0, 0.05) is 0 Å². The van der Waals surface area contributed by atoms with Gasteiger partial charge in [-0.15, -0.1) is 0 Å². The third-order valence-corrected chi connectivity index (χ3v) is 2.72. The van der Waals surface area contributed by atoms with Gasteiger partial charge in [0.05, 0.1) is 22.6 Å². The van der Waals surface area contributed by atoms with Crippen molar-refractivity contribution in [3.63, 3.8) is 0 Å². The van der Waals surface area contributed by atoms with Crippen LogP contribution in [-0.4, -0.2) is 16.0 Å². The molecule has 0 saturated heterocycles. The first-order valence-corrected chi connectivity index (χ1v) is 5.03. The van der Waals surface area contributed by atoms with E-state index < -0.39 is 13.0 Å². The number of alkyl halides is 2. The first-order chi connectivity index (χ1) is 7.09. The van der Waals surface area contributed by atoms with E-state index in [2.05, 4.69) is 4.98 Å². The minimum Gasteiger partial charge on any atom is -0.329 e. The summed E-state index contributed by atoms with van der Waals surface area (Å²) < 4.78 is 26.2. The van der Waals surface area contributed by atoms with Crippen LogP contribution in [0.15, 0.2) is 18.2 Å². The molecule has 0 aliphatic carbocycles. The van der Waals surface area contributed by atoms with Crippen molar-refractivity contribution in [2.45, 2.75) is 13.0 Å². The first-order valence-electron chi connectivity index (χ1n) is 4.25. The lowest BCUT2D eigenvalue weighted by molar-refractivity contribution is 0.127. The molecule has 80 valence electrons. The molecule has 0 atom stereocenters. The van der Waals surface area contributed by atoms with Gasteiger partial charge in [-0.3, -0.25) is 0 Å². The van der Waals surface area contributed by atoms with Crippen LogP contribution in [0.4, 0.5) is 8.78 Å². The van der Waals surface area contributed by atoms with Crippen LogP contribution in [0, 0.1) is 4.77 Å².